The normalized spacial score (nSPS) is 10.8. The number of aromatic nitrogens is 1. The van der Waals surface area contributed by atoms with E-state index in [1.807, 2.05) is 43.3 Å². The van der Waals surface area contributed by atoms with Gasteiger partial charge in [0.25, 0.3) is 0 Å². The summed E-state index contributed by atoms with van der Waals surface area (Å²) in [5, 5.41) is 21.8. The van der Waals surface area contributed by atoms with E-state index in [2.05, 4.69) is 36.4 Å². The maximum atomic E-state index is 11.9. The van der Waals surface area contributed by atoms with Crippen molar-refractivity contribution in [2.45, 2.75) is 13.3 Å². The number of aromatic carboxylic acids is 1. The molecule has 0 spiro atoms. The summed E-state index contributed by atoms with van der Waals surface area (Å²) in [6.45, 7) is 1.93. The van der Waals surface area contributed by atoms with E-state index in [-0.39, 0.29) is 5.69 Å². The fourth-order valence-corrected chi connectivity index (χ4v) is 4.00. The number of rotatable bonds is 4. The second kappa shape index (κ2) is 7.29. The highest BCUT2D eigenvalue weighted by Crippen LogP contribution is 2.34. The Hall–Kier alpha value is -3.84. The van der Waals surface area contributed by atoms with Crippen LogP contribution in [-0.4, -0.2) is 15.6 Å². The van der Waals surface area contributed by atoms with Gasteiger partial charge in [-0.1, -0.05) is 67.6 Å². The van der Waals surface area contributed by atoms with Crippen molar-refractivity contribution in [2.24, 2.45) is 7.05 Å². The standard InChI is InChI=1S/C25H20N2O2/c1-3-22-21(15-26)23(24(25(28)29)27(22)2)18-11-8-17(9-12-18)20-13-10-16-6-4-5-7-19(16)14-20/h4-14H,3H2,1-2H3,(H,28,29). The quantitative estimate of drug-likeness (QED) is 0.498. The molecular weight excluding hydrogens is 360 g/mol. The summed E-state index contributed by atoms with van der Waals surface area (Å²) < 4.78 is 1.62. The van der Waals surface area contributed by atoms with Crippen molar-refractivity contribution < 1.29 is 9.90 Å². The first kappa shape index (κ1) is 18.5. The first-order valence-corrected chi connectivity index (χ1v) is 9.49. The van der Waals surface area contributed by atoms with Crippen molar-refractivity contribution in [3.05, 3.63) is 83.7 Å². The van der Waals surface area contributed by atoms with E-state index in [1.165, 1.54) is 10.8 Å². The molecular formula is C25H20N2O2. The Balaban J connectivity index is 1.82. The van der Waals surface area contributed by atoms with Crippen molar-refractivity contribution >= 4 is 16.7 Å². The molecule has 1 N–H and O–H groups in total. The highest BCUT2D eigenvalue weighted by atomic mass is 16.4. The Morgan fingerprint density at radius 1 is 0.966 bits per heavy atom. The van der Waals surface area contributed by atoms with Crippen LogP contribution in [0.4, 0.5) is 0 Å². The van der Waals surface area contributed by atoms with Gasteiger partial charge < -0.3 is 9.67 Å². The summed E-state index contributed by atoms with van der Waals surface area (Å²) in [5.41, 5.74) is 4.68. The Morgan fingerprint density at radius 2 is 1.59 bits per heavy atom. The average Bonchev–Trinajstić information content (AvgIpc) is 3.05. The number of hydrogen-bond donors (Lipinski definition) is 1. The van der Waals surface area contributed by atoms with Gasteiger partial charge in [-0.15, -0.1) is 0 Å². The summed E-state index contributed by atoms with van der Waals surface area (Å²) in [7, 11) is 1.70. The topological polar surface area (TPSA) is 66.0 Å². The molecule has 4 aromatic rings. The van der Waals surface area contributed by atoms with E-state index in [9.17, 15) is 15.2 Å². The van der Waals surface area contributed by atoms with Crippen molar-refractivity contribution in [3.63, 3.8) is 0 Å². The van der Waals surface area contributed by atoms with E-state index < -0.39 is 5.97 Å². The van der Waals surface area contributed by atoms with Gasteiger partial charge in [0.05, 0.1) is 5.56 Å². The zero-order valence-electron chi connectivity index (χ0n) is 16.3. The van der Waals surface area contributed by atoms with Crippen LogP contribution in [0.25, 0.3) is 33.0 Å². The maximum absolute atomic E-state index is 11.9. The Kier molecular flexibility index (Phi) is 4.66. The minimum absolute atomic E-state index is 0.150. The summed E-state index contributed by atoms with van der Waals surface area (Å²) in [6.07, 6.45) is 0.592. The lowest BCUT2D eigenvalue weighted by Crippen LogP contribution is -2.07. The largest absolute Gasteiger partial charge is 0.477 e. The van der Waals surface area contributed by atoms with Gasteiger partial charge in [0.15, 0.2) is 0 Å². The van der Waals surface area contributed by atoms with Gasteiger partial charge in [-0.05, 0) is 39.9 Å². The van der Waals surface area contributed by atoms with E-state index in [0.717, 1.165) is 22.4 Å². The van der Waals surface area contributed by atoms with E-state index in [1.54, 1.807) is 11.6 Å². The Bertz CT molecular complexity index is 1270. The molecule has 4 heteroatoms. The Morgan fingerprint density at radius 3 is 2.21 bits per heavy atom. The molecule has 0 unspecified atom stereocenters. The predicted molar refractivity (Wildman–Crippen MR) is 115 cm³/mol. The molecule has 0 aliphatic rings. The summed E-state index contributed by atoms with van der Waals surface area (Å²) >= 11 is 0. The van der Waals surface area contributed by atoms with Crippen LogP contribution >= 0.6 is 0 Å². The van der Waals surface area contributed by atoms with Crippen molar-refractivity contribution in [1.29, 1.82) is 5.26 Å². The zero-order valence-corrected chi connectivity index (χ0v) is 16.3. The number of nitriles is 1. The first-order valence-electron chi connectivity index (χ1n) is 9.49. The Labute approximate surface area is 169 Å². The van der Waals surface area contributed by atoms with E-state index in [0.29, 0.717) is 17.5 Å². The third-order valence-corrected chi connectivity index (χ3v) is 5.42. The summed E-state index contributed by atoms with van der Waals surface area (Å²) in [6, 6.07) is 24.5. The smallest absolute Gasteiger partial charge is 0.353 e. The molecule has 29 heavy (non-hydrogen) atoms. The molecule has 0 aliphatic heterocycles. The van der Waals surface area contributed by atoms with Crippen LogP contribution in [0.2, 0.25) is 0 Å². The molecule has 4 rings (SSSR count). The number of fused-ring (bicyclic) bond motifs is 1. The predicted octanol–water partition coefficient (Wildman–Crippen LogP) is 5.64. The third-order valence-electron chi connectivity index (χ3n) is 5.42. The molecule has 0 atom stereocenters. The van der Waals surface area contributed by atoms with Gasteiger partial charge in [-0.25, -0.2) is 4.79 Å². The van der Waals surface area contributed by atoms with E-state index in [4.69, 9.17) is 0 Å². The molecule has 0 fully saturated rings. The molecule has 142 valence electrons. The number of benzene rings is 3. The lowest BCUT2D eigenvalue weighted by atomic mass is 9.96. The van der Waals surface area contributed by atoms with Gasteiger partial charge in [-0.2, -0.15) is 5.26 Å². The molecule has 0 bridgehead atoms. The van der Waals surface area contributed by atoms with Crippen LogP contribution < -0.4 is 0 Å². The fourth-order valence-electron chi connectivity index (χ4n) is 4.00. The zero-order chi connectivity index (χ0) is 20.5. The summed E-state index contributed by atoms with van der Waals surface area (Å²) in [4.78, 5) is 11.9. The van der Waals surface area contributed by atoms with Gasteiger partial charge >= 0.3 is 5.97 Å². The van der Waals surface area contributed by atoms with Crippen LogP contribution in [0.15, 0.2) is 66.7 Å². The number of carboxylic acid groups (broad SMARTS) is 1. The highest BCUT2D eigenvalue weighted by Gasteiger charge is 2.25. The monoisotopic (exact) mass is 380 g/mol. The van der Waals surface area contributed by atoms with Crippen LogP contribution in [0.5, 0.6) is 0 Å². The van der Waals surface area contributed by atoms with Gasteiger partial charge in [0.2, 0.25) is 0 Å². The number of nitrogens with zero attached hydrogens (tertiary/aromatic N) is 2. The van der Waals surface area contributed by atoms with E-state index >= 15 is 0 Å². The SMILES string of the molecule is CCc1c(C#N)c(-c2ccc(-c3ccc4ccccc4c3)cc2)c(C(=O)O)n1C. The molecule has 0 saturated heterocycles. The van der Waals surface area contributed by atoms with Crippen molar-refractivity contribution in [2.75, 3.05) is 0 Å². The highest BCUT2D eigenvalue weighted by molar-refractivity contribution is 5.97. The maximum Gasteiger partial charge on any atom is 0.353 e. The fraction of sp³-hybridized carbons (Fsp3) is 0.120. The van der Waals surface area contributed by atoms with Gasteiger partial charge in [0.1, 0.15) is 11.8 Å². The molecule has 0 amide bonds. The van der Waals surface area contributed by atoms with Crippen molar-refractivity contribution in [3.8, 4) is 28.3 Å². The summed E-state index contributed by atoms with van der Waals surface area (Å²) in [5.74, 6) is -1.03. The van der Waals surface area contributed by atoms with Gasteiger partial charge in [-0.3, -0.25) is 0 Å². The molecule has 0 aliphatic carbocycles. The lowest BCUT2D eigenvalue weighted by Gasteiger charge is -2.07. The molecule has 4 nitrogen and oxygen atoms in total. The minimum atomic E-state index is -1.03. The van der Waals surface area contributed by atoms with Crippen LogP contribution in [0.1, 0.15) is 28.7 Å². The number of hydrogen-bond acceptors (Lipinski definition) is 2. The lowest BCUT2D eigenvalue weighted by molar-refractivity contribution is 0.0687. The molecule has 0 radical (unpaired) electrons. The van der Waals surface area contributed by atoms with Crippen LogP contribution in [-0.2, 0) is 13.5 Å². The molecule has 1 heterocycles. The second-order valence-corrected chi connectivity index (χ2v) is 7.01. The second-order valence-electron chi connectivity index (χ2n) is 7.01. The first-order chi connectivity index (χ1) is 14.0. The van der Waals surface area contributed by atoms with Gasteiger partial charge in [0, 0.05) is 18.3 Å². The van der Waals surface area contributed by atoms with Crippen LogP contribution in [0, 0.1) is 11.3 Å². The van der Waals surface area contributed by atoms with Crippen LogP contribution in [0.3, 0.4) is 0 Å². The average molecular weight is 380 g/mol. The molecule has 3 aromatic carbocycles. The third kappa shape index (κ3) is 3.07. The number of carboxylic acids is 1. The molecule has 0 saturated carbocycles. The number of carbonyl (C=O) groups is 1. The van der Waals surface area contributed by atoms with Crippen molar-refractivity contribution in [1.82, 2.24) is 4.57 Å². The minimum Gasteiger partial charge on any atom is -0.477 e. The molecule has 1 aromatic heterocycles.